The lowest BCUT2D eigenvalue weighted by Gasteiger charge is -2.11. The van der Waals surface area contributed by atoms with Crippen molar-refractivity contribution in [3.63, 3.8) is 0 Å². The lowest BCUT2D eigenvalue weighted by Crippen LogP contribution is -2.08. The Morgan fingerprint density at radius 2 is 2.25 bits per heavy atom. The van der Waals surface area contributed by atoms with Crippen molar-refractivity contribution in [2.45, 2.75) is 26.3 Å². The normalized spacial score (nSPS) is 9.81. The van der Waals surface area contributed by atoms with E-state index in [4.69, 9.17) is 10.00 Å². The topological polar surface area (TPSA) is 45.0 Å². The highest BCUT2D eigenvalue weighted by Crippen LogP contribution is 2.20. The average molecular weight is 218 g/mol. The Morgan fingerprint density at radius 3 is 2.94 bits per heavy atom. The summed E-state index contributed by atoms with van der Waals surface area (Å²) < 4.78 is 5.66. The Hall–Kier alpha value is -1.53. The molecule has 1 aromatic rings. The summed E-state index contributed by atoms with van der Waals surface area (Å²) in [5, 5.41) is 11.5. The third kappa shape index (κ3) is 3.92. The van der Waals surface area contributed by atoms with Gasteiger partial charge in [-0.25, -0.2) is 0 Å². The summed E-state index contributed by atoms with van der Waals surface area (Å²) in [6.07, 6.45) is 1.33. The molecule has 0 aliphatic carbocycles. The van der Waals surface area contributed by atoms with Crippen molar-refractivity contribution < 1.29 is 4.74 Å². The fraction of sp³-hybridized carbons (Fsp3) is 0.462. The van der Waals surface area contributed by atoms with E-state index >= 15 is 0 Å². The van der Waals surface area contributed by atoms with Crippen molar-refractivity contribution in [3.05, 3.63) is 29.3 Å². The first kappa shape index (κ1) is 12.5. The lowest BCUT2D eigenvalue weighted by molar-refractivity contribution is 0.309. The quantitative estimate of drug-likeness (QED) is 0.746. The summed E-state index contributed by atoms with van der Waals surface area (Å²) in [5.74, 6) is 0.915. The minimum absolute atomic E-state index is 0.549. The number of benzene rings is 1. The van der Waals surface area contributed by atoms with Gasteiger partial charge in [-0.2, -0.15) is 5.26 Å². The Balaban J connectivity index is 2.60. The lowest BCUT2D eigenvalue weighted by atomic mass is 10.1. The van der Waals surface area contributed by atoms with E-state index in [2.05, 4.69) is 24.4 Å². The molecule has 0 aromatic heterocycles. The van der Waals surface area contributed by atoms with Gasteiger partial charge >= 0.3 is 0 Å². The van der Waals surface area contributed by atoms with Gasteiger partial charge in [0, 0.05) is 18.5 Å². The minimum Gasteiger partial charge on any atom is -0.493 e. The average Bonchev–Trinajstić information content (AvgIpc) is 2.27. The number of nitrogens with zero attached hydrogens (tertiary/aromatic N) is 1. The predicted octanol–water partition coefficient (Wildman–Crippen LogP) is 2.40. The first-order valence-electron chi connectivity index (χ1n) is 5.52. The van der Waals surface area contributed by atoms with Crippen LogP contribution < -0.4 is 10.1 Å². The number of hydrogen-bond donors (Lipinski definition) is 1. The molecule has 0 atom stereocenters. The van der Waals surface area contributed by atoms with Gasteiger partial charge in [-0.1, -0.05) is 17.7 Å². The van der Waals surface area contributed by atoms with Crippen molar-refractivity contribution in [2.24, 2.45) is 0 Å². The molecule has 0 fully saturated rings. The molecular formula is C13H18N2O. The number of nitrogens with one attached hydrogen (secondary N) is 1. The van der Waals surface area contributed by atoms with Gasteiger partial charge in [-0.3, -0.25) is 0 Å². The highest BCUT2D eigenvalue weighted by atomic mass is 16.5. The van der Waals surface area contributed by atoms with Gasteiger partial charge in [-0.05, 0) is 26.5 Å². The zero-order valence-electron chi connectivity index (χ0n) is 9.92. The molecule has 16 heavy (non-hydrogen) atoms. The third-order valence-electron chi connectivity index (χ3n) is 2.27. The summed E-state index contributed by atoms with van der Waals surface area (Å²) in [5.41, 5.74) is 2.40. The van der Waals surface area contributed by atoms with E-state index in [0.29, 0.717) is 13.0 Å². The standard InChI is InChI=1S/C13H18N2O/c1-11-5-6-13(12(9-11)10-15-2)16-8-4-3-7-14/h5-6,9,15H,3-4,8,10H2,1-2H3. The molecule has 0 spiro atoms. The molecule has 86 valence electrons. The number of rotatable bonds is 6. The Morgan fingerprint density at radius 1 is 1.44 bits per heavy atom. The molecule has 1 rings (SSSR count). The van der Waals surface area contributed by atoms with Crippen molar-refractivity contribution in [1.82, 2.24) is 5.32 Å². The first-order valence-corrected chi connectivity index (χ1v) is 5.52. The summed E-state index contributed by atoms with van der Waals surface area (Å²) in [7, 11) is 1.92. The Bertz CT molecular complexity index is 369. The van der Waals surface area contributed by atoms with Crippen LogP contribution in [0.5, 0.6) is 5.75 Å². The second-order valence-corrected chi connectivity index (χ2v) is 3.75. The van der Waals surface area contributed by atoms with Gasteiger partial charge in [0.1, 0.15) is 5.75 Å². The zero-order chi connectivity index (χ0) is 11.8. The molecule has 1 aromatic carbocycles. The van der Waals surface area contributed by atoms with Crippen LogP contribution in [0.25, 0.3) is 0 Å². The van der Waals surface area contributed by atoms with Crippen LogP contribution in [-0.2, 0) is 6.54 Å². The van der Waals surface area contributed by atoms with Gasteiger partial charge in [0.15, 0.2) is 0 Å². The van der Waals surface area contributed by atoms with Gasteiger partial charge in [0.2, 0.25) is 0 Å². The number of nitriles is 1. The molecule has 0 unspecified atom stereocenters. The van der Waals surface area contributed by atoms with Crippen LogP contribution in [0.3, 0.4) is 0 Å². The smallest absolute Gasteiger partial charge is 0.123 e. The molecule has 0 aliphatic heterocycles. The molecule has 0 radical (unpaired) electrons. The van der Waals surface area contributed by atoms with E-state index in [1.807, 2.05) is 19.2 Å². The molecule has 3 nitrogen and oxygen atoms in total. The van der Waals surface area contributed by atoms with E-state index in [0.717, 1.165) is 18.7 Å². The van der Waals surface area contributed by atoms with Crippen molar-refractivity contribution in [2.75, 3.05) is 13.7 Å². The molecule has 0 saturated heterocycles. The van der Waals surface area contributed by atoms with Gasteiger partial charge in [0.25, 0.3) is 0 Å². The van der Waals surface area contributed by atoms with Crippen LogP contribution in [0.1, 0.15) is 24.0 Å². The third-order valence-corrected chi connectivity index (χ3v) is 2.27. The van der Waals surface area contributed by atoms with E-state index in [1.165, 1.54) is 11.1 Å². The number of ether oxygens (including phenoxy) is 1. The maximum atomic E-state index is 8.42. The van der Waals surface area contributed by atoms with Crippen molar-refractivity contribution in [3.8, 4) is 11.8 Å². The van der Waals surface area contributed by atoms with Gasteiger partial charge in [-0.15, -0.1) is 0 Å². The maximum absolute atomic E-state index is 8.42. The van der Waals surface area contributed by atoms with E-state index in [1.54, 1.807) is 0 Å². The number of aryl methyl sites for hydroxylation is 1. The maximum Gasteiger partial charge on any atom is 0.123 e. The van der Waals surface area contributed by atoms with E-state index < -0.39 is 0 Å². The largest absolute Gasteiger partial charge is 0.493 e. The fourth-order valence-electron chi connectivity index (χ4n) is 1.51. The summed E-state index contributed by atoms with van der Waals surface area (Å²) in [4.78, 5) is 0. The second-order valence-electron chi connectivity index (χ2n) is 3.75. The molecule has 3 heteroatoms. The zero-order valence-corrected chi connectivity index (χ0v) is 9.92. The molecule has 0 aliphatic rings. The SMILES string of the molecule is CNCc1cc(C)ccc1OCCCC#N. The van der Waals surface area contributed by atoms with Crippen LogP contribution >= 0.6 is 0 Å². The van der Waals surface area contributed by atoms with Crippen LogP contribution in [0.4, 0.5) is 0 Å². The number of hydrogen-bond acceptors (Lipinski definition) is 3. The van der Waals surface area contributed by atoms with E-state index in [-0.39, 0.29) is 0 Å². The van der Waals surface area contributed by atoms with Crippen LogP contribution in [0.15, 0.2) is 18.2 Å². The minimum atomic E-state index is 0.549. The molecule has 0 bridgehead atoms. The molecule has 0 heterocycles. The van der Waals surface area contributed by atoms with Crippen molar-refractivity contribution >= 4 is 0 Å². The summed E-state index contributed by atoms with van der Waals surface area (Å²) in [6.45, 7) is 3.47. The van der Waals surface area contributed by atoms with E-state index in [9.17, 15) is 0 Å². The van der Waals surface area contributed by atoms with Gasteiger partial charge in [0.05, 0.1) is 12.7 Å². The monoisotopic (exact) mass is 218 g/mol. The highest BCUT2D eigenvalue weighted by molar-refractivity contribution is 5.36. The molecule has 0 saturated carbocycles. The van der Waals surface area contributed by atoms with Crippen LogP contribution in [0, 0.1) is 18.3 Å². The highest BCUT2D eigenvalue weighted by Gasteiger charge is 2.02. The predicted molar refractivity (Wildman–Crippen MR) is 64.3 cm³/mol. The first-order chi connectivity index (χ1) is 7.77. The Labute approximate surface area is 97.0 Å². The number of unbranched alkanes of at least 4 members (excludes halogenated alkanes) is 1. The molecule has 0 amide bonds. The summed E-state index contributed by atoms with van der Waals surface area (Å²) >= 11 is 0. The molecule has 1 N–H and O–H groups in total. The van der Waals surface area contributed by atoms with Gasteiger partial charge < -0.3 is 10.1 Å². The van der Waals surface area contributed by atoms with Crippen LogP contribution in [0.2, 0.25) is 0 Å². The Kier molecular flexibility index (Phi) is 5.38. The second kappa shape index (κ2) is 6.86. The van der Waals surface area contributed by atoms with Crippen molar-refractivity contribution in [1.29, 1.82) is 5.26 Å². The molecular weight excluding hydrogens is 200 g/mol. The fourth-order valence-corrected chi connectivity index (χ4v) is 1.51. The summed E-state index contributed by atoms with van der Waals surface area (Å²) in [6, 6.07) is 8.27. The van der Waals surface area contributed by atoms with Crippen LogP contribution in [-0.4, -0.2) is 13.7 Å².